The number of carbonyl (C=O) groups excluding carboxylic acids is 1. The molecule has 4 rings (SSSR count). The van der Waals surface area contributed by atoms with Crippen LogP contribution in [0.5, 0.6) is 0 Å². The van der Waals surface area contributed by atoms with Crippen LogP contribution in [0.25, 0.3) is 0 Å². The van der Waals surface area contributed by atoms with Crippen molar-refractivity contribution in [1.82, 2.24) is 9.80 Å². The maximum Gasteiger partial charge on any atom is 0.225 e. The minimum absolute atomic E-state index is 0.0754. The SMILES string of the molecule is O=C(CCN1CCCN(Cc2ccc(Cl)cc2)CC1)Nc1ccc(N2CCOCC2)cc1. The van der Waals surface area contributed by atoms with Crippen molar-refractivity contribution in [3.05, 3.63) is 59.1 Å². The number of carbonyl (C=O) groups is 1. The zero-order valence-corrected chi connectivity index (χ0v) is 19.4. The molecule has 1 N–H and O–H groups in total. The van der Waals surface area contributed by atoms with Gasteiger partial charge in [-0.25, -0.2) is 0 Å². The van der Waals surface area contributed by atoms with Crippen molar-refractivity contribution in [3.63, 3.8) is 0 Å². The van der Waals surface area contributed by atoms with Crippen LogP contribution in [-0.2, 0) is 16.1 Å². The van der Waals surface area contributed by atoms with E-state index in [1.54, 1.807) is 0 Å². The van der Waals surface area contributed by atoms with Gasteiger partial charge in [-0.05, 0) is 61.5 Å². The van der Waals surface area contributed by atoms with Crippen molar-refractivity contribution >= 4 is 28.9 Å². The summed E-state index contributed by atoms with van der Waals surface area (Å²) < 4.78 is 5.41. The number of ether oxygens (including phenoxy) is 1. The van der Waals surface area contributed by atoms with Crippen LogP contribution in [-0.4, -0.2) is 74.7 Å². The van der Waals surface area contributed by atoms with Crippen molar-refractivity contribution in [2.24, 2.45) is 0 Å². The molecule has 0 bridgehead atoms. The second kappa shape index (κ2) is 11.7. The Balaban J connectivity index is 1.18. The van der Waals surface area contributed by atoms with Crippen LogP contribution < -0.4 is 10.2 Å². The lowest BCUT2D eigenvalue weighted by Crippen LogP contribution is -2.36. The van der Waals surface area contributed by atoms with E-state index in [0.717, 1.165) is 82.7 Å². The number of halogens is 1. The van der Waals surface area contributed by atoms with Crippen molar-refractivity contribution in [1.29, 1.82) is 0 Å². The molecular formula is C25H33ClN4O2. The highest BCUT2D eigenvalue weighted by Crippen LogP contribution is 2.19. The second-order valence-electron chi connectivity index (χ2n) is 8.54. The quantitative estimate of drug-likeness (QED) is 0.688. The summed E-state index contributed by atoms with van der Waals surface area (Å²) in [5, 5.41) is 3.82. The van der Waals surface area contributed by atoms with Crippen LogP contribution in [0.15, 0.2) is 48.5 Å². The molecular weight excluding hydrogens is 424 g/mol. The minimum atomic E-state index is 0.0754. The second-order valence-corrected chi connectivity index (χ2v) is 8.98. The van der Waals surface area contributed by atoms with Crippen LogP contribution in [0.1, 0.15) is 18.4 Å². The van der Waals surface area contributed by atoms with Gasteiger partial charge in [0.1, 0.15) is 0 Å². The summed E-state index contributed by atoms with van der Waals surface area (Å²) in [4.78, 5) is 19.7. The fraction of sp³-hybridized carbons (Fsp3) is 0.480. The molecule has 172 valence electrons. The zero-order valence-electron chi connectivity index (χ0n) is 18.6. The molecule has 2 saturated heterocycles. The zero-order chi connectivity index (χ0) is 22.2. The Morgan fingerprint density at radius 3 is 2.31 bits per heavy atom. The molecule has 0 unspecified atom stereocenters. The average Bonchev–Trinajstić information content (AvgIpc) is 3.05. The van der Waals surface area contributed by atoms with Crippen LogP contribution in [0.4, 0.5) is 11.4 Å². The molecule has 2 aliphatic rings. The minimum Gasteiger partial charge on any atom is -0.378 e. The fourth-order valence-electron chi connectivity index (χ4n) is 4.31. The first kappa shape index (κ1) is 23.1. The van der Waals surface area contributed by atoms with Gasteiger partial charge in [-0.2, -0.15) is 0 Å². The number of rotatable bonds is 7. The highest BCUT2D eigenvalue weighted by Gasteiger charge is 2.16. The maximum absolute atomic E-state index is 12.5. The molecule has 2 aliphatic heterocycles. The third-order valence-electron chi connectivity index (χ3n) is 6.18. The summed E-state index contributed by atoms with van der Waals surface area (Å²) in [6.45, 7) is 9.26. The number of morpholine rings is 1. The lowest BCUT2D eigenvalue weighted by molar-refractivity contribution is -0.116. The van der Waals surface area contributed by atoms with Crippen molar-refractivity contribution < 1.29 is 9.53 Å². The Morgan fingerprint density at radius 1 is 0.875 bits per heavy atom. The molecule has 6 nitrogen and oxygen atoms in total. The van der Waals surface area contributed by atoms with Gasteiger partial charge < -0.3 is 19.9 Å². The number of nitrogens with zero attached hydrogens (tertiary/aromatic N) is 3. The van der Waals surface area contributed by atoms with Gasteiger partial charge in [-0.1, -0.05) is 23.7 Å². The molecule has 2 fully saturated rings. The first-order chi connectivity index (χ1) is 15.7. The Labute approximate surface area is 196 Å². The normalized spacial score (nSPS) is 18.3. The maximum atomic E-state index is 12.5. The largest absolute Gasteiger partial charge is 0.378 e. The molecule has 2 aromatic rings. The molecule has 7 heteroatoms. The summed E-state index contributed by atoms with van der Waals surface area (Å²) in [6.07, 6.45) is 1.64. The van der Waals surface area contributed by atoms with E-state index in [4.69, 9.17) is 16.3 Å². The highest BCUT2D eigenvalue weighted by atomic mass is 35.5. The Hall–Kier alpha value is -2.12. The molecule has 0 saturated carbocycles. The Bertz CT molecular complexity index is 853. The van der Waals surface area contributed by atoms with E-state index in [2.05, 4.69) is 44.3 Å². The number of amides is 1. The predicted molar refractivity (Wildman–Crippen MR) is 131 cm³/mol. The number of benzene rings is 2. The third kappa shape index (κ3) is 6.94. The molecule has 1 amide bonds. The molecule has 32 heavy (non-hydrogen) atoms. The molecule has 0 spiro atoms. The smallest absolute Gasteiger partial charge is 0.225 e. The fourth-order valence-corrected chi connectivity index (χ4v) is 4.44. The number of hydrogen-bond donors (Lipinski definition) is 1. The van der Waals surface area contributed by atoms with E-state index in [1.165, 1.54) is 11.3 Å². The number of anilines is 2. The summed E-state index contributed by atoms with van der Waals surface area (Å²) in [7, 11) is 0. The summed E-state index contributed by atoms with van der Waals surface area (Å²) in [5.74, 6) is 0.0754. The number of hydrogen-bond acceptors (Lipinski definition) is 5. The predicted octanol–water partition coefficient (Wildman–Crippen LogP) is 3.71. The third-order valence-corrected chi connectivity index (χ3v) is 6.43. The van der Waals surface area contributed by atoms with Crippen LogP contribution in [0.2, 0.25) is 5.02 Å². The van der Waals surface area contributed by atoms with Gasteiger partial charge in [-0.15, -0.1) is 0 Å². The van der Waals surface area contributed by atoms with E-state index in [9.17, 15) is 4.79 Å². The van der Waals surface area contributed by atoms with Crippen LogP contribution in [0.3, 0.4) is 0 Å². The first-order valence-electron chi connectivity index (χ1n) is 11.6. The molecule has 0 aliphatic carbocycles. The summed E-state index contributed by atoms with van der Waals surface area (Å²) >= 11 is 5.99. The molecule has 2 heterocycles. The topological polar surface area (TPSA) is 48.1 Å². The molecule has 0 aromatic heterocycles. The van der Waals surface area contributed by atoms with E-state index >= 15 is 0 Å². The van der Waals surface area contributed by atoms with Gasteiger partial charge in [0.2, 0.25) is 5.91 Å². The van der Waals surface area contributed by atoms with Gasteiger partial charge in [0.25, 0.3) is 0 Å². The van der Waals surface area contributed by atoms with Crippen molar-refractivity contribution in [3.8, 4) is 0 Å². The van der Waals surface area contributed by atoms with Crippen LogP contribution >= 0.6 is 11.6 Å². The molecule has 2 aromatic carbocycles. The first-order valence-corrected chi connectivity index (χ1v) is 12.0. The Kier molecular flexibility index (Phi) is 8.40. The standard InChI is InChI=1S/C25H33ClN4O2/c26-22-4-2-21(3-5-22)20-29-12-1-11-28(14-15-29)13-10-25(31)27-23-6-8-24(9-7-23)30-16-18-32-19-17-30/h2-9H,1,10-20H2,(H,27,31). The van der Waals surface area contributed by atoms with Gasteiger partial charge in [0, 0.05) is 62.1 Å². The van der Waals surface area contributed by atoms with Crippen molar-refractivity contribution in [2.75, 3.05) is 69.2 Å². The monoisotopic (exact) mass is 456 g/mol. The summed E-state index contributed by atoms with van der Waals surface area (Å²) in [5.41, 5.74) is 3.33. The Morgan fingerprint density at radius 2 is 1.56 bits per heavy atom. The van der Waals surface area contributed by atoms with E-state index in [1.807, 2.05) is 24.3 Å². The molecule has 0 atom stereocenters. The average molecular weight is 457 g/mol. The van der Waals surface area contributed by atoms with Gasteiger partial charge in [0.15, 0.2) is 0 Å². The highest BCUT2D eigenvalue weighted by molar-refractivity contribution is 6.30. The van der Waals surface area contributed by atoms with Crippen molar-refractivity contribution in [2.45, 2.75) is 19.4 Å². The van der Waals surface area contributed by atoms with Gasteiger partial charge in [-0.3, -0.25) is 9.69 Å². The van der Waals surface area contributed by atoms with E-state index < -0.39 is 0 Å². The van der Waals surface area contributed by atoms with E-state index in [-0.39, 0.29) is 5.91 Å². The van der Waals surface area contributed by atoms with E-state index in [0.29, 0.717) is 6.42 Å². The van der Waals surface area contributed by atoms with Gasteiger partial charge >= 0.3 is 0 Å². The lowest BCUT2D eigenvalue weighted by atomic mass is 10.2. The van der Waals surface area contributed by atoms with Crippen LogP contribution in [0, 0.1) is 0 Å². The molecule has 0 radical (unpaired) electrons. The van der Waals surface area contributed by atoms with Gasteiger partial charge in [0.05, 0.1) is 13.2 Å². The summed E-state index contributed by atoms with van der Waals surface area (Å²) in [6, 6.07) is 16.2. The lowest BCUT2D eigenvalue weighted by Gasteiger charge is -2.28. The number of nitrogens with one attached hydrogen (secondary N) is 1.